The smallest absolute Gasteiger partial charge is 0.183 e. The fraction of sp³-hybridized carbons (Fsp3) is 0.652. The first-order valence-corrected chi connectivity index (χ1v) is 17.6. The van der Waals surface area contributed by atoms with E-state index in [1.165, 1.54) is 11.1 Å². The highest BCUT2D eigenvalue weighted by Gasteiger charge is 2.36. The first-order chi connectivity index (χ1) is 13.4. The van der Waals surface area contributed by atoms with Crippen LogP contribution in [0, 0.1) is 5.41 Å². The minimum Gasteiger partial charge on any atom is -0.491 e. The molecule has 29 heavy (non-hydrogen) atoms. The molecular weight excluding hydrogens is 396 g/mol. The highest BCUT2D eigenvalue weighted by molar-refractivity contribution is 6.70. The van der Waals surface area contributed by atoms with E-state index >= 15 is 0 Å². The van der Waals surface area contributed by atoms with Gasteiger partial charge in [0.25, 0.3) is 0 Å². The molecule has 0 heterocycles. The zero-order valence-corrected chi connectivity index (χ0v) is 21.7. The van der Waals surface area contributed by atoms with Gasteiger partial charge in [-0.15, -0.1) is 0 Å². The lowest BCUT2D eigenvalue weighted by Crippen LogP contribution is -2.28. The Morgan fingerprint density at radius 2 is 1.03 bits per heavy atom. The Hall–Kier alpha value is -1.09. The molecule has 6 heteroatoms. The van der Waals surface area contributed by atoms with Crippen LogP contribution in [0.1, 0.15) is 26.7 Å². The van der Waals surface area contributed by atoms with E-state index in [1.807, 2.05) is 0 Å². The summed E-state index contributed by atoms with van der Waals surface area (Å²) in [5.74, 6) is 1.98. The molecule has 2 rings (SSSR count). The molecule has 0 aromatic carbocycles. The summed E-state index contributed by atoms with van der Waals surface area (Å²) < 4.78 is 24.1. The minimum absolute atomic E-state index is 0.163. The third-order valence-electron chi connectivity index (χ3n) is 4.88. The largest absolute Gasteiger partial charge is 0.491 e. The molecular formula is C23H40O4Si2. The number of rotatable bonds is 12. The van der Waals surface area contributed by atoms with E-state index in [0.29, 0.717) is 26.4 Å². The van der Waals surface area contributed by atoms with Crippen LogP contribution in [-0.2, 0) is 18.3 Å². The lowest BCUT2D eigenvalue weighted by atomic mass is 9.76. The summed E-state index contributed by atoms with van der Waals surface area (Å²) in [5, 5.41) is 0. The molecule has 2 aliphatic carbocycles. The minimum atomic E-state index is -1.50. The summed E-state index contributed by atoms with van der Waals surface area (Å²) >= 11 is 0. The van der Waals surface area contributed by atoms with Crippen LogP contribution in [0.5, 0.6) is 0 Å². The first-order valence-electron chi connectivity index (χ1n) is 10.8. The highest BCUT2D eigenvalue weighted by Crippen LogP contribution is 2.46. The van der Waals surface area contributed by atoms with Gasteiger partial charge in [-0.3, -0.25) is 0 Å². The van der Waals surface area contributed by atoms with E-state index in [1.54, 1.807) is 0 Å². The van der Waals surface area contributed by atoms with Crippen molar-refractivity contribution in [1.29, 1.82) is 0 Å². The van der Waals surface area contributed by atoms with Crippen LogP contribution in [0.3, 0.4) is 0 Å². The van der Waals surface area contributed by atoms with Crippen LogP contribution in [-0.4, -0.2) is 43.1 Å². The van der Waals surface area contributed by atoms with E-state index in [9.17, 15) is 0 Å². The van der Waals surface area contributed by atoms with Gasteiger partial charge in [0.05, 0.1) is 13.2 Å². The number of hydrogen-bond donors (Lipinski definition) is 0. The molecule has 0 unspecified atom stereocenters. The SMILES string of the molecule is CC(C)(C1=CCC=C1OCCO[Si](C)(C)C)C1=CCC=C1OCCO[Si](C)(C)C. The summed E-state index contributed by atoms with van der Waals surface area (Å²) in [5.41, 5.74) is 2.32. The molecule has 0 amide bonds. The Labute approximate surface area is 179 Å². The second-order valence-electron chi connectivity index (χ2n) is 10.1. The lowest BCUT2D eigenvalue weighted by Gasteiger charge is -2.31. The zero-order chi connectivity index (χ0) is 21.7. The molecule has 0 aliphatic heterocycles. The molecule has 0 spiro atoms. The Morgan fingerprint density at radius 3 is 1.38 bits per heavy atom. The van der Waals surface area contributed by atoms with Crippen LogP contribution in [0.15, 0.2) is 47.0 Å². The first kappa shape index (κ1) is 24.2. The van der Waals surface area contributed by atoms with E-state index < -0.39 is 16.6 Å². The van der Waals surface area contributed by atoms with Gasteiger partial charge in [-0.05, 0) is 64.3 Å². The monoisotopic (exact) mass is 436 g/mol. The van der Waals surface area contributed by atoms with Gasteiger partial charge >= 0.3 is 0 Å². The number of ether oxygens (including phenoxy) is 2. The molecule has 164 valence electrons. The average Bonchev–Trinajstić information content (AvgIpc) is 3.23. The summed E-state index contributed by atoms with van der Waals surface area (Å²) in [6.07, 6.45) is 10.7. The zero-order valence-electron chi connectivity index (χ0n) is 19.7. The Kier molecular flexibility index (Phi) is 8.18. The predicted octanol–water partition coefficient (Wildman–Crippen LogP) is 6.18. The average molecular weight is 437 g/mol. The maximum absolute atomic E-state index is 6.12. The van der Waals surface area contributed by atoms with Crippen molar-refractivity contribution in [3.05, 3.63) is 47.0 Å². The maximum Gasteiger partial charge on any atom is 0.183 e. The van der Waals surface area contributed by atoms with Crippen LogP contribution in [0.25, 0.3) is 0 Å². The number of allylic oxidation sites excluding steroid dienone is 6. The Morgan fingerprint density at radius 1 is 0.655 bits per heavy atom. The van der Waals surface area contributed by atoms with Crippen molar-refractivity contribution in [3.8, 4) is 0 Å². The van der Waals surface area contributed by atoms with Crippen molar-refractivity contribution in [2.24, 2.45) is 5.41 Å². The summed E-state index contributed by atoms with van der Waals surface area (Å²) in [4.78, 5) is 0. The summed E-state index contributed by atoms with van der Waals surface area (Å²) in [7, 11) is -3.00. The number of hydrogen-bond acceptors (Lipinski definition) is 4. The van der Waals surface area contributed by atoms with Crippen molar-refractivity contribution in [1.82, 2.24) is 0 Å². The standard InChI is InChI=1S/C23H40O4Si2/c1-23(2,19-11-9-13-21(19)24-15-17-26-28(3,4)5)20-12-10-14-22(20)25-16-18-27-29(6,7)8/h11-14H,9-10,15-18H2,1-8H3. The quantitative estimate of drug-likeness (QED) is 0.270. The topological polar surface area (TPSA) is 36.9 Å². The molecule has 0 aromatic heterocycles. The van der Waals surface area contributed by atoms with Crippen LogP contribution < -0.4 is 0 Å². The second kappa shape index (κ2) is 9.81. The predicted molar refractivity (Wildman–Crippen MR) is 126 cm³/mol. The maximum atomic E-state index is 6.12. The Bertz CT molecular complexity index is 631. The van der Waals surface area contributed by atoms with E-state index in [2.05, 4.69) is 77.4 Å². The van der Waals surface area contributed by atoms with Crippen molar-refractivity contribution in [3.63, 3.8) is 0 Å². The molecule has 4 nitrogen and oxygen atoms in total. The van der Waals surface area contributed by atoms with Gasteiger partial charge < -0.3 is 18.3 Å². The summed E-state index contributed by atoms with van der Waals surface area (Å²) in [6, 6.07) is 0. The fourth-order valence-corrected chi connectivity index (χ4v) is 4.92. The van der Waals surface area contributed by atoms with Gasteiger partial charge in [-0.1, -0.05) is 26.0 Å². The molecule has 0 saturated heterocycles. The van der Waals surface area contributed by atoms with Crippen LogP contribution >= 0.6 is 0 Å². The van der Waals surface area contributed by atoms with Gasteiger partial charge in [-0.25, -0.2) is 0 Å². The van der Waals surface area contributed by atoms with Gasteiger partial charge in [0, 0.05) is 16.6 Å². The molecule has 0 atom stereocenters. The fourth-order valence-electron chi connectivity index (χ4n) is 3.53. The highest BCUT2D eigenvalue weighted by atomic mass is 28.4. The molecule has 0 radical (unpaired) electrons. The second-order valence-corrected chi connectivity index (χ2v) is 19.1. The van der Waals surface area contributed by atoms with E-state index in [0.717, 1.165) is 24.4 Å². The third kappa shape index (κ3) is 7.59. The molecule has 2 aliphatic rings. The van der Waals surface area contributed by atoms with Crippen molar-refractivity contribution < 1.29 is 18.3 Å². The van der Waals surface area contributed by atoms with Gasteiger partial charge in [-0.2, -0.15) is 0 Å². The van der Waals surface area contributed by atoms with Crippen molar-refractivity contribution in [2.75, 3.05) is 26.4 Å². The summed E-state index contributed by atoms with van der Waals surface area (Å²) in [6.45, 7) is 20.2. The van der Waals surface area contributed by atoms with Crippen molar-refractivity contribution in [2.45, 2.75) is 66.0 Å². The van der Waals surface area contributed by atoms with E-state index in [-0.39, 0.29) is 5.41 Å². The normalized spacial score (nSPS) is 17.7. The van der Waals surface area contributed by atoms with Gasteiger partial charge in [0.2, 0.25) is 0 Å². The third-order valence-corrected chi connectivity index (χ3v) is 7.02. The van der Waals surface area contributed by atoms with Crippen LogP contribution in [0.4, 0.5) is 0 Å². The molecule has 0 aromatic rings. The molecule has 0 fully saturated rings. The van der Waals surface area contributed by atoms with Crippen molar-refractivity contribution >= 4 is 16.6 Å². The van der Waals surface area contributed by atoms with E-state index in [4.69, 9.17) is 18.3 Å². The molecule has 0 saturated carbocycles. The molecule has 0 N–H and O–H groups in total. The van der Waals surface area contributed by atoms with Gasteiger partial charge in [0.15, 0.2) is 16.6 Å². The van der Waals surface area contributed by atoms with Gasteiger partial charge in [0.1, 0.15) is 24.7 Å². The lowest BCUT2D eigenvalue weighted by molar-refractivity contribution is 0.147. The Balaban J connectivity index is 1.93. The van der Waals surface area contributed by atoms with Crippen LogP contribution in [0.2, 0.25) is 39.3 Å². The molecule has 0 bridgehead atoms.